The zero-order valence-electron chi connectivity index (χ0n) is 17.9. The van der Waals surface area contributed by atoms with Crippen molar-refractivity contribution < 1.29 is 9.47 Å². The third kappa shape index (κ3) is 4.53. The van der Waals surface area contributed by atoms with Gasteiger partial charge in [-0.2, -0.15) is 5.26 Å². The predicted molar refractivity (Wildman–Crippen MR) is 124 cm³/mol. The number of nitriles is 1. The maximum absolute atomic E-state index is 8.98. The van der Waals surface area contributed by atoms with Gasteiger partial charge in [0.2, 0.25) is 0 Å². The molecule has 2 aliphatic rings. The minimum Gasteiger partial charge on any atom is -0.378 e. The molecule has 2 fully saturated rings. The van der Waals surface area contributed by atoms with E-state index in [2.05, 4.69) is 49.0 Å². The van der Waals surface area contributed by atoms with Crippen molar-refractivity contribution in [1.82, 2.24) is 15.0 Å². The molecule has 0 amide bonds. The molecule has 5 rings (SSSR count). The summed E-state index contributed by atoms with van der Waals surface area (Å²) in [7, 11) is 0. The Labute approximate surface area is 191 Å². The lowest BCUT2D eigenvalue weighted by Gasteiger charge is -2.38. The average Bonchev–Trinajstić information content (AvgIpc) is 3.36. The number of aromatic nitrogens is 3. The zero-order valence-corrected chi connectivity index (χ0v) is 18.7. The van der Waals surface area contributed by atoms with Crippen molar-refractivity contribution in [2.24, 2.45) is 5.92 Å². The molecule has 0 bridgehead atoms. The van der Waals surface area contributed by atoms with Crippen LogP contribution in [0.2, 0.25) is 0 Å². The zero-order chi connectivity index (χ0) is 21.8. The van der Waals surface area contributed by atoms with Gasteiger partial charge in [0.05, 0.1) is 35.9 Å². The van der Waals surface area contributed by atoms with Crippen molar-refractivity contribution in [2.75, 3.05) is 55.8 Å². The second-order valence-corrected chi connectivity index (χ2v) is 9.11. The molecule has 3 aromatic rings. The molecule has 2 aliphatic heterocycles. The van der Waals surface area contributed by atoms with Crippen molar-refractivity contribution in [3.8, 4) is 6.07 Å². The molecule has 2 saturated heterocycles. The second-order valence-electron chi connectivity index (χ2n) is 8.13. The van der Waals surface area contributed by atoms with Gasteiger partial charge in [0.15, 0.2) is 0 Å². The second kappa shape index (κ2) is 9.77. The van der Waals surface area contributed by atoms with E-state index in [-0.39, 0.29) is 18.6 Å². The van der Waals surface area contributed by atoms with Crippen LogP contribution in [0.3, 0.4) is 0 Å². The fourth-order valence-electron chi connectivity index (χ4n) is 4.64. The van der Waals surface area contributed by atoms with E-state index in [9.17, 15) is 0 Å². The van der Waals surface area contributed by atoms with Crippen LogP contribution in [0.15, 0.2) is 36.1 Å². The van der Waals surface area contributed by atoms with Crippen LogP contribution in [0.5, 0.6) is 0 Å². The molecule has 4 heterocycles. The molecular weight excluding hydrogens is 424 g/mol. The molecule has 9 heteroatoms. The minimum atomic E-state index is 0.0517. The van der Waals surface area contributed by atoms with E-state index in [0.29, 0.717) is 0 Å². The fourth-order valence-corrected chi connectivity index (χ4v) is 5.35. The fraction of sp³-hybridized carbons (Fsp3) is 0.478. The van der Waals surface area contributed by atoms with Gasteiger partial charge in [0.1, 0.15) is 18.8 Å². The highest BCUT2D eigenvalue weighted by atomic mass is 32.1. The van der Waals surface area contributed by atoms with Crippen LogP contribution < -0.4 is 9.80 Å². The first-order valence-electron chi connectivity index (χ1n) is 11.0. The van der Waals surface area contributed by atoms with Gasteiger partial charge in [-0.3, -0.25) is 0 Å². The first-order chi connectivity index (χ1) is 15.8. The topological polar surface area (TPSA) is 87.4 Å². The van der Waals surface area contributed by atoms with Gasteiger partial charge in [0, 0.05) is 61.2 Å². The molecule has 0 radical (unpaired) electrons. The SMILES string of the molecule is N#CCOC1CCN(c2ncnc3cc(N4CCOCC4)ccc23)CC1Cc1nccs1. The Balaban J connectivity index is 1.39. The van der Waals surface area contributed by atoms with Crippen molar-refractivity contribution in [3.63, 3.8) is 0 Å². The number of benzene rings is 1. The van der Waals surface area contributed by atoms with E-state index in [1.165, 1.54) is 5.69 Å². The van der Waals surface area contributed by atoms with Gasteiger partial charge in [0.25, 0.3) is 0 Å². The maximum Gasteiger partial charge on any atom is 0.139 e. The highest BCUT2D eigenvalue weighted by Crippen LogP contribution is 2.32. The van der Waals surface area contributed by atoms with Crippen molar-refractivity contribution in [1.29, 1.82) is 5.26 Å². The van der Waals surface area contributed by atoms with E-state index >= 15 is 0 Å². The standard InChI is InChI=1S/C23H26N6O2S/c24-4-9-31-21-3-6-29(15-17(21)13-22-25-5-12-32-22)23-19-2-1-18(14-20(19)26-16-27-23)28-7-10-30-11-8-28/h1-2,5,12,14,16-17,21H,3,6-11,13,15H2. The molecule has 0 N–H and O–H groups in total. The number of ether oxygens (including phenoxy) is 2. The summed E-state index contributed by atoms with van der Waals surface area (Å²) < 4.78 is 11.4. The van der Waals surface area contributed by atoms with Gasteiger partial charge < -0.3 is 19.3 Å². The summed E-state index contributed by atoms with van der Waals surface area (Å²) in [6, 6.07) is 8.57. The van der Waals surface area contributed by atoms with Gasteiger partial charge in [-0.05, 0) is 24.6 Å². The average molecular weight is 451 g/mol. The van der Waals surface area contributed by atoms with Crippen LogP contribution in [0.25, 0.3) is 10.9 Å². The summed E-state index contributed by atoms with van der Waals surface area (Å²) in [6.45, 7) is 5.09. The molecule has 2 aromatic heterocycles. The lowest BCUT2D eigenvalue weighted by Crippen LogP contribution is -2.45. The number of morpholine rings is 1. The number of hydrogen-bond donors (Lipinski definition) is 0. The highest BCUT2D eigenvalue weighted by molar-refractivity contribution is 7.09. The Hall–Kier alpha value is -2.80. The summed E-state index contributed by atoms with van der Waals surface area (Å²) in [5, 5.41) is 13.2. The van der Waals surface area contributed by atoms with Crippen molar-refractivity contribution >= 4 is 33.7 Å². The Morgan fingerprint density at radius 3 is 2.88 bits per heavy atom. The molecule has 0 aliphatic carbocycles. The van der Waals surface area contributed by atoms with Gasteiger partial charge >= 0.3 is 0 Å². The molecule has 32 heavy (non-hydrogen) atoms. The number of thiazole rings is 1. The lowest BCUT2D eigenvalue weighted by atomic mass is 9.91. The Bertz CT molecular complexity index is 1080. The Morgan fingerprint density at radius 1 is 1.16 bits per heavy atom. The molecule has 0 saturated carbocycles. The van der Waals surface area contributed by atoms with E-state index in [1.54, 1.807) is 17.7 Å². The lowest BCUT2D eigenvalue weighted by molar-refractivity contribution is 0.0183. The van der Waals surface area contributed by atoms with Crippen LogP contribution in [0, 0.1) is 17.2 Å². The monoisotopic (exact) mass is 450 g/mol. The first kappa shape index (κ1) is 21.1. The molecule has 1 aromatic carbocycles. The largest absolute Gasteiger partial charge is 0.378 e. The van der Waals surface area contributed by atoms with Crippen molar-refractivity contribution in [2.45, 2.75) is 18.9 Å². The highest BCUT2D eigenvalue weighted by Gasteiger charge is 2.32. The van der Waals surface area contributed by atoms with E-state index < -0.39 is 0 Å². The van der Waals surface area contributed by atoms with Crippen LogP contribution in [0.1, 0.15) is 11.4 Å². The van der Waals surface area contributed by atoms with Crippen LogP contribution in [-0.4, -0.2) is 67.1 Å². The van der Waals surface area contributed by atoms with Crippen molar-refractivity contribution in [3.05, 3.63) is 41.1 Å². The van der Waals surface area contributed by atoms with Gasteiger partial charge in [-0.15, -0.1) is 11.3 Å². The van der Waals surface area contributed by atoms with E-state index in [0.717, 1.165) is 74.0 Å². The van der Waals surface area contributed by atoms with Crippen LogP contribution >= 0.6 is 11.3 Å². The quantitative estimate of drug-likeness (QED) is 0.567. The summed E-state index contributed by atoms with van der Waals surface area (Å²) >= 11 is 1.67. The smallest absolute Gasteiger partial charge is 0.139 e. The molecule has 2 unspecified atom stereocenters. The first-order valence-corrected chi connectivity index (χ1v) is 11.9. The molecule has 2 atom stereocenters. The number of fused-ring (bicyclic) bond motifs is 1. The van der Waals surface area contributed by atoms with Crippen LogP contribution in [-0.2, 0) is 15.9 Å². The summed E-state index contributed by atoms with van der Waals surface area (Å²) in [5.74, 6) is 1.22. The van der Waals surface area contributed by atoms with E-state index in [4.69, 9.17) is 14.7 Å². The third-order valence-corrected chi connectivity index (χ3v) is 7.02. The minimum absolute atomic E-state index is 0.0517. The molecule has 8 nitrogen and oxygen atoms in total. The maximum atomic E-state index is 8.98. The number of hydrogen-bond acceptors (Lipinski definition) is 9. The predicted octanol–water partition coefficient (Wildman–Crippen LogP) is 2.90. The molecule has 0 spiro atoms. The molecule has 166 valence electrons. The van der Waals surface area contributed by atoms with Gasteiger partial charge in [-0.1, -0.05) is 0 Å². The summed E-state index contributed by atoms with van der Waals surface area (Å²) in [4.78, 5) is 18.4. The normalized spacial score (nSPS) is 21.6. The molecular formula is C23H26N6O2S. The number of rotatable bonds is 6. The third-order valence-electron chi connectivity index (χ3n) is 6.22. The Kier molecular flexibility index (Phi) is 6.44. The Morgan fingerprint density at radius 2 is 2.06 bits per heavy atom. The summed E-state index contributed by atoms with van der Waals surface area (Å²) in [6.07, 6.45) is 5.25. The number of nitrogens with zero attached hydrogens (tertiary/aromatic N) is 6. The summed E-state index contributed by atoms with van der Waals surface area (Å²) in [5.41, 5.74) is 2.13. The number of anilines is 2. The van der Waals surface area contributed by atoms with Gasteiger partial charge in [-0.25, -0.2) is 15.0 Å². The number of piperidine rings is 1. The van der Waals surface area contributed by atoms with Crippen LogP contribution in [0.4, 0.5) is 11.5 Å². The van der Waals surface area contributed by atoms with E-state index in [1.807, 2.05) is 11.6 Å².